The zero-order valence-electron chi connectivity index (χ0n) is 9.23. The summed E-state index contributed by atoms with van der Waals surface area (Å²) >= 11 is 0. The largest absolute Gasteiger partial charge is 0.380 e. The van der Waals surface area contributed by atoms with Gasteiger partial charge in [0.2, 0.25) is 0 Å². The van der Waals surface area contributed by atoms with Gasteiger partial charge in [-0.1, -0.05) is 6.92 Å². The van der Waals surface area contributed by atoms with Gasteiger partial charge in [-0.05, 0) is 39.0 Å². The Morgan fingerprint density at radius 3 is 2.62 bits per heavy atom. The van der Waals surface area contributed by atoms with Crippen LogP contribution in [0.4, 0.5) is 0 Å². The summed E-state index contributed by atoms with van der Waals surface area (Å²) in [6.07, 6.45) is 3.93. The van der Waals surface area contributed by atoms with E-state index >= 15 is 0 Å². The standard InChI is InChI=1S/C11H23NO/c1-4-11(2,3)12-7-8-13-9-10-5-6-10/h10,12H,4-9H2,1-3H3. The Kier molecular flexibility index (Phi) is 4.20. The van der Waals surface area contributed by atoms with E-state index in [0.717, 1.165) is 32.1 Å². The van der Waals surface area contributed by atoms with Crippen LogP contribution in [0.1, 0.15) is 40.0 Å². The molecule has 1 aliphatic rings. The van der Waals surface area contributed by atoms with Crippen molar-refractivity contribution in [3.8, 4) is 0 Å². The molecule has 0 unspecified atom stereocenters. The second-order valence-corrected chi connectivity index (χ2v) is 4.68. The predicted octanol–water partition coefficient (Wildman–Crippen LogP) is 2.19. The molecule has 0 spiro atoms. The summed E-state index contributed by atoms with van der Waals surface area (Å²) in [4.78, 5) is 0. The Bertz CT molecular complexity index is 141. The summed E-state index contributed by atoms with van der Waals surface area (Å²) in [6.45, 7) is 9.49. The smallest absolute Gasteiger partial charge is 0.0591 e. The topological polar surface area (TPSA) is 21.3 Å². The van der Waals surface area contributed by atoms with Gasteiger partial charge in [0.25, 0.3) is 0 Å². The normalized spacial score (nSPS) is 17.8. The minimum absolute atomic E-state index is 0.267. The predicted molar refractivity (Wildman–Crippen MR) is 55.9 cm³/mol. The van der Waals surface area contributed by atoms with Crippen LogP contribution < -0.4 is 5.32 Å². The molecule has 0 amide bonds. The molecule has 1 N–H and O–H groups in total. The maximum Gasteiger partial charge on any atom is 0.0591 e. The minimum Gasteiger partial charge on any atom is -0.380 e. The molecule has 0 aliphatic heterocycles. The lowest BCUT2D eigenvalue weighted by molar-refractivity contribution is 0.120. The van der Waals surface area contributed by atoms with Crippen molar-refractivity contribution >= 4 is 0 Å². The fraction of sp³-hybridized carbons (Fsp3) is 1.00. The van der Waals surface area contributed by atoms with Crippen molar-refractivity contribution in [1.82, 2.24) is 5.32 Å². The maximum absolute atomic E-state index is 5.53. The van der Waals surface area contributed by atoms with Gasteiger partial charge in [0, 0.05) is 18.7 Å². The van der Waals surface area contributed by atoms with Crippen LogP contribution in [0.25, 0.3) is 0 Å². The van der Waals surface area contributed by atoms with E-state index in [1.807, 2.05) is 0 Å². The minimum atomic E-state index is 0.267. The van der Waals surface area contributed by atoms with E-state index in [2.05, 4.69) is 26.1 Å². The maximum atomic E-state index is 5.53. The number of hydrogen-bond acceptors (Lipinski definition) is 2. The summed E-state index contributed by atoms with van der Waals surface area (Å²) in [7, 11) is 0. The average Bonchev–Trinajstić information content (AvgIpc) is 2.87. The van der Waals surface area contributed by atoms with E-state index in [4.69, 9.17) is 4.74 Å². The molecule has 2 heteroatoms. The quantitative estimate of drug-likeness (QED) is 0.614. The molecule has 78 valence electrons. The number of hydrogen-bond donors (Lipinski definition) is 1. The molecule has 0 heterocycles. The highest BCUT2D eigenvalue weighted by Crippen LogP contribution is 2.28. The van der Waals surface area contributed by atoms with E-state index < -0.39 is 0 Å². The van der Waals surface area contributed by atoms with Crippen molar-refractivity contribution in [3.63, 3.8) is 0 Å². The Hall–Kier alpha value is -0.0800. The van der Waals surface area contributed by atoms with Crippen molar-refractivity contribution in [2.75, 3.05) is 19.8 Å². The monoisotopic (exact) mass is 185 g/mol. The first-order chi connectivity index (χ1) is 6.14. The van der Waals surface area contributed by atoms with Crippen LogP contribution in [-0.2, 0) is 4.74 Å². The van der Waals surface area contributed by atoms with Crippen molar-refractivity contribution in [3.05, 3.63) is 0 Å². The summed E-state index contributed by atoms with van der Waals surface area (Å²) in [6, 6.07) is 0. The molecule has 0 aromatic rings. The molecule has 0 saturated heterocycles. The first-order valence-corrected chi connectivity index (χ1v) is 5.47. The first-order valence-electron chi connectivity index (χ1n) is 5.47. The van der Waals surface area contributed by atoms with E-state index in [9.17, 15) is 0 Å². The summed E-state index contributed by atoms with van der Waals surface area (Å²) < 4.78 is 5.53. The summed E-state index contributed by atoms with van der Waals surface area (Å²) in [5.74, 6) is 0.888. The van der Waals surface area contributed by atoms with Crippen molar-refractivity contribution in [2.24, 2.45) is 5.92 Å². The van der Waals surface area contributed by atoms with Crippen molar-refractivity contribution < 1.29 is 4.74 Å². The van der Waals surface area contributed by atoms with Crippen LogP contribution in [0.5, 0.6) is 0 Å². The van der Waals surface area contributed by atoms with Gasteiger partial charge in [-0.3, -0.25) is 0 Å². The third kappa shape index (κ3) is 5.27. The lowest BCUT2D eigenvalue weighted by Gasteiger charge is -2.24. The molecule has 1 fully saturated rings. The Labute approximate surface area is 82.0 Å². The Balaban J connectivity index is 1.87. The molecule has 1 aliphatic carbocycles. The fourth-order valence-corrected chi connectivity index (χ4v) is 1.12. The fourth-order valence-electron chi connectivity index (χ4n) is 1.12. The number of nitrogens with one attached hydrogen (secondary N) is 1. The molecular formula is C11H23NO. The number of rotatable bonds is 7. The first kappa shape index (κ1) is 11.0. The van der Waals surface area contributed by atoms with Gasteiger partial charge in [-0.25, -0.2) is 0 Å². The molecule has 1 saturated carbocycles. The van der Waals surface area contributed by atoms with Gasteiger partial charge in [-0.2, -0.15) is 0 Å². The van der Waals surface area contributed by atoms with Crippen molar-refractivity contribution in [1.29, 1.82) is 0 Å². The zero-order chi connectivity index (χ0) is 9.73. The second-order valence-electron chi connectivity index (χ2n) is 4.68. The van der Waals surface area contributed by atoms with Gasteiger partial charge in [0.1, 0.15) is 0 Å². The van der Waals surface area contributed by atoms with Crippen LogP contribution in [0.2, 0.25) is 0 Å². The van der Waals surface area contributed by atoms with Gasteiger partial charge in [0.05, 0.1) is 6.61 Å². The molecule has 0 radical (unpaired) electrons. The van der Waals surface area contributed by atoms with Crippen LogP contribution in [0.15, 0.2) is 0 Å². The summed E-state index contributed by atoms with van der Waals surface area (Å²) in [5.41, 5.74) is 0.267. The SMILES string of the molecule is CCC(C)(C)NCCOCC1CC1. The Morgan fingerprint density at radius 2 is 2.08 bits per heavy atom. The zero-order valence-corrected chi connectivity index (χ0v) is 9.23. The van der Waals surface area contributed by atoms with Crippen LogP contribution >= 0.6 is 0 Å². The third-order valence-corrected chi connectivity index (χ3v) is 2.78. The molecule has 1 rings (SSSR count). The van der Waals surface area contributed by atoms with Crippen LogP contribution in [-0.4, -0.2) is 25.3 Å². The molecule has 0 aromatic heterocycles. The van der Waals surface area contributed by atoms with E-state index in [1.165, 1.54) is 12.8 Å². The van der Waals surface area contributed by atoms with E-state index in [-0.39, 0.29) is 5.54 Å². The van der Waals surface area contributed by atoms with Gasteiger partial charge in [-0.15, -0.1) is 0 Å². The van der Waals surface area contributed by atoms with Gasteiger partial charge < -0.3 is 10.1 Å². The highest BCUT2D eigenvalue weighted by Gasteiger charge is 2.21. The lowest BCUT2D eigenvalue weighted by atomic mass is 10.0. The van der Waals surface area contributed by atoms with E-state index in [1.54, 1.807) is 0 Å². The van der Waals surface area contributed by atoms with E-state index in [0.29, 0.717) is 0 Å². The Morgan fingerprint density at radius 1 is 1.38 bits per heavy atom. The molecule has 0 aromatic carbocycles. The third-order valence-electron chi connectivity index (χ3n) is 2.78. The average molecular weight is 185 g/mol. The van der Waals surface area contributed by atoms with Crippen LogP contribution in [0.3, 0.4) is 0 Å². The highest BCUT2D eigenvalue weighted by atomic mass is 16.5. The van der Waals surface area contributed by atoms with Gasteiger partial charge in [0.15, 0.2) is 0 Å². The molecule has 13 heavy (non-hydrogen) atoms. The highest BCUT2D eigenvalue weighted by molar-refractivity contribution is 4.75. The van der Waals surface area contributed by atoms with Crippen LogP contribution in [0, 0.1) is 5.92 Å². The molecular weight excluding hydrogens is 162 g/mol. The molecule has 2 nitrogen and oxygen atoms in total. The molecule has 0 bridgehead atoms. The molecule has 0 atom stereocenters. The summed E-state index contributed by atoms with van der Waals surface area (Å²) in [5, 5.41) is 3.48. The van der Waals surface area contributed by atoms with Gasteiger partial charge >= 0.3 is 0 Å². The van der Waals surface area contributed by atoms with Crippen molar-refractivity contribution in [2.45, 2.75) is 45.6 Å². The number of ether oxygens (including phenoxy) is 1. The second kappa shape index (κ2) is 4.97. The lowest BCUT2D eigenvalue weighted by Crippen LogP contribution is -2.40.